The highest BCUT2D eigenvalue weighted by Gasteiger charge is 2.48. The molecule has 0 radical (unpaired) electrons. The Bertz CT molecular complexity index is 264. The van der Waals surface area contributed by atoms with Crippen molar-refractivity contribution in [2.75, 3.05) is 27.2 Å². The number of hydrogen-bond donors (Lipinski definition) is 2. The first-order chi connectivity index (χ1) is 7.27. The van der Waals surface area contributed by atoms with Crippen LogP contribution in [0.25, 0.3) is 0 Å². The van der Waals surface area contributed by atoms with Crippen LogP contribution in [0.15, 0.2) is 0 Å². The molecule has 0 aliphatic heterocycles. The third-order valence-corrected chi connectivity index (χ3v) is 3.44. The van der Waals surface area contributed by atoms with E-state index in [1.54, 1.807) is 0 Å². The first-order valence-electron chi connectivity index (χ1n) is 5.91. The molecule has 94 valence electrons. The van der Waals surface area contributed by atoms with Crippen LogP contribution < -0.4 is 5.32 Å². The van der Waals surface area contributed by atoms with Crippen molar-refractivity contribution in [1.82, 2.24) is 10.2 Å². The van der Waals surface area contributed by atoms with Gasteiger partial charge in [0.05, 0.1) is 0 Å². The lowest BCUT2D eigenvalue weighted by Gasteiger charge is -2.28. The highest BCUT2D eigenvalue weighted by Crippen LogP contribution is 2.43. The summed E-state index contributed by atoms with van der Waals surface area (Å²) < 4.78 is 0. The van der Waals surface area contributed by atoms with E-state index in [9.17, 15) is 9.90 Å². The Morgan fingerprint density at radius 3 is 2.38 bits per heavy atom. The standard InChI is InChI=1S/C12H24N2O2/c1-11(2)5-6-12(9-11,10(15)16)13-7-8-14(3)4/h13H,5-9H2,1-4H3,(H,15,16). The lowest BCUT2D eigenvalue weighted by Crippen LogP contribution is -2.52. The van der Waals surface area contributed by atoms with Gasteiger partial charge in [-0.1, -0.05) is 13.8 Å². The van der Waals surface area contributed by atoms with Crippen LogP contribution in [0.3, 0.4) is 0 Å². The van der Waals surface area contributed by atoms with Gasteiger partial charge in [-0.05, 0) is 38.8 Å². The minimum absolute atomic E-state index is 0.142. The average Bonchev–Trinajstić information content (AvgIpc) is 2.42. The summed E-state index contributed by atoms with van der Waals surface area (Å²) >= 11 is 0. The van der Waals surface area contributed by atoms with Gasteiger partial charge >= 0.3 is 5.97 Å². The molecule has 1 saturated carbocycles. The minimum atomic E-state index is -0.697. The van der Waals surface area contributed by atoms with Crippen LogP contribution in [0.4, 0.5) is 0 Å². The van der Waals surface area contributed by atoms with Crippen LogP contribution in [-0.2, 0) is 4.79 Å². The summed E-state index contributed by atoms with van der Waals surface area (Å²) in [5.41, 5.74) is -0.553. The number of carboxylic acids is 1. The molecule has 1 unspecified atom stereocenters. The largest absolute Gasteiger partial charge is 0.480 e. The van der Waals surface area contributed by atoms with E-state index >= 15 is 0 Å². The van der Waals surface area contributed by atoms with Gasteiger partial charge in [-0.2, -0.15) is 0 Å². The third kappa shape index (κ3) is 3.19. The van der Waals surface area contributed by atoms with E-state index in [4.69, 9.17) is 0 Å². The van der Waals surface area contributed by atoms with E-state index in [1.807, 2.05) is 14.1 Å². The predicted octanol–water partition coefficient (Wildman–Crippen LogP) is 1.17. The number of aliphatic carboxylic acids is 1. The quantitative estimate of drug-likeness (QED) is 0.741. The Morgan fingerprint density at radius 1 is 1.38 bits per heavy atom. The van der Waals surface area contributed by atoms with Crippen molar-refractivity contribution in [3.8, 4) is 0 Å². The maximum atomic E-state index is 11.4. The van der Waals surface area contributed by atoms with Gasteiger partial charge in [0, 0.05) is 13.1 Å². The van der Waals surface area contributed by atoms with E-state index in [0.29, 0.717) is 0 Å². The van der Waals surface area contributed by atoms with Gasteiger partial charge in [-0.25, -0.2) is 0 Å². The second-order valence-electron chi connectivity index (χ2n) is 5.96. The summed E-state index contributed by atoms with van der Waals surface area (Å²) in [7, 11) is 3.99. The molecule has 0 aromatic rings. The second-order valence-corrected chi connectivity index (χ2v) is 5.96. The number of carboxylic acid groups (broad SMARTS) is 1. The Kier molecular flexibility index (Phi) is 3.97. The Balaban J connectivity index is 2.58. The summed E-state index contributed by atoms with van der Waals surface area (Å²) in [5, 5.41) is 12.6. The fourth-order valence-electron chi connectivity index (χ4n) is 2.47. The van der Waals surface area contributed by atoms with Crippen molar-refractivity contribution in [1.29, 1.82) is 0 Å². The van der Waals surface area contributed by atoms with Crippen LogP contribution >= 0.6 is 0 Å². The van der Waals surface area contributed by atoms with Crippen LogP contribution in [0.2, 0.25) is 0 Å². The third-order valence-electron chi connectivity index (χ3n) is 3.44. The van der Waals surface area contributed by atoms with E-state index < -0.39 is 11.5 Å². The number of nitrogens with zero attached hydrogens (tertiary/aromatic N) is 1. The zero-order valence-electron chi connectivity index (χ0n) is 10.8. The molecule has 1 aliphatic rings. The minimum Gasteiger partial charge on any atom is -0.480 e. The molecule has 1 atom stereocenters. The van der Waals surface area contributed by atoms with E-state index in [2.05, 4.69) is 24.1 Å². The number of hydrogen-bond acceptors (Lipinski definition) is 3. The molecule has 4 heteroatoms. The summed E-state index contributed by atoms with van der Waals surface area (Å²) in [5.74, 6) is -0.697. The van der Waals surface area contributed by atoms with Crippen LogP contribution in [0, 0.1) is 5.41 Å². The first-order valence-corrected chi connectivity index (χ1v) is 5.91. The van der Waals surface area contributed by atoms with Crippen molar-refractivity contribution < 1.29 is 9.90 Å². The van der Waals surface area contributed by atoms with Crippen LogP contribution in [0.5, 0.6) is 0 Å². The molecule has 4 nitrogen and oxygen atoms in total. The fourth-order valence-corrected chi connectivity index (χ4v) is 2.47. The molecule has 0 heterocycles. The maximum absolute atomic E-state index is 11.4. The van der Waals surface area contributed by atoms with Gasteiger partial charge in [0.25, 0.3) is 0 Å². The van der Waals surface area contributed by atoms with Gasteiger partial charge in [0.1, 0.15) is 5.54 Å². The molecular formula is C12H24N2O2. The van der Waals surface area contributed by atoms with E-state index in [0.717, 1.165) is 32.4 Å². The Morgan fingerprint density at radius 2 is 2.00 bits per heavy atom. The lowest BCUT2D eigenvalue weighted by molar-refractivity contribution is -0.145. The van der Waals surface area contributed by atoms with Gasteiger partial charge < -0.3 is 15.3 Å². The normalized spacial score (nSPS) is 28.6. The zero-order chi connectivity index (χ0) is 12.4. The van der Waals surface area contributed by atoms with E-state index in [-0.39, 0.29) is 5.41 Å². The monoisotopic (exact) mass is 228 g/mol. The topological polar surface area (TPSA) is 52.6 Å². The molecule has 0 aromatic carbocycles. The van der Waals surface area contributed by atoms with Crippen LogP contribution in [-0.4, -0.2) is 48.7 Å². The van der Waals surface area contributed by atoms with Gasteiger partial charge in [0.15, 0.2) is 0 Å². The lowest BCUT2D eigenvalue weighted by atomic mass is 9.87. The molecule has 0 spiro atoms. The van der Waals surface area contributed by atoms with Crippen molar-refractivity contribution in [2.45, 2.75) is 38.6 Å². The van der Waals surface area contributed by atoms with Crippen molar-refractivity contribution >= 4 is 5.97 Å². The predicted molar refractivity (Wildman–Crippen MR) is 64.6 cm³/mol. The van der Waals surface area contributed by atoms with Gasteiger partial charge in [-0.15, -0.1) is 0 Å². The first kappa shape index (κ1) is 13.5. The smallest absolute Gasteiger partial charge is 0.323 e. The summed E-state index contributed by atoms with van der Waals surface area (Å²) in [6.07, 6.45) is 2.44. The molecule has 1 aliphatic carbocycles. The Hall–Kier alpha value is -0.610. The van der Waals surface area contributed by atoms with Gasteiger partial charge in [0.2, 0.25) is 0 Å². The average molecular weight is 228 g/mol. The van der Waals surface area contributed by atoms with Crippen molar-refractivity contribution in [3.63, 3.8) is 0 Å². The molecule has 1 fully saturated rings. The van der Waals surface area contributed by atoms with E-state index in [1.165, 1.54) is 0 Å². The highest BCUT2D eigenvalue weighted by atomic mass is 16.4. The number of rotatable bonds is 5. The summed E-state index contributed by atoms with van der Waals surface area (Å²) in [6, 6.07) is 0. The van der Waals surface area contributed by atoms with Gasteiger partial charge in [-0.3, -0.25) is 4.79 Å². The van der Waals surface area contributed by atoms with Crippen molar-refractivity contribution in [3.05, 3.63) is 0 Å². The SMILES string of the molecule is CN(C)CCNC1(C(=O)O)CCC(C)(C)C1. The highest BCUT2D eigenvalue weighted by molar-refractivity contribution is 5.79. The molecule has 0 bridgehead atoms. The van der Waals surface area contributed by atoms with Crippen molar-refractivity contribution in [2.24, 2.45) is 5.41 Å². The van der Waals surface area contributed by atoms with Crippen LogP contribution in [0.1, 0.15) is 33.1 Å². The summed E-state index contributed by atoms with van der Waals surface area (Å²) in [4.78, 5) is 13.5. The zero-order valence-corrected chi connectivity index (χ0v) is 10.8. The molecule has 2 N–H and O–H groups in total. The Labute approximate surface area is 98.0 Å². The molecule has 16 heavy (non-hydrogen) atoms. The number of nitrogens with one attached hydrogen (secondary N) is 1. The second kappa shape index (κ2) is 4.72. The molecule has 1 rings (SSSR count). The number of likely N-dealkylation sites (N-methyl/N-ethyl adjacent to an activating group) is 1. The maximum Gasteiger partial charge on any atom is 0.323 e. The summed E-state index contributed by atoms with van der Waals surface area (Å²) in [6.45, 7) is 5.89. The molecule has 0 saturated heterocycles. The molecule has 0 aromatic heterocycles. The molecular weight excluding hydrogens is 204 g/mol. The fraction of sp³-hybridized carbons (Fsp3) is 0.917. The number of carbonyl (C=O) groups is 1. The molecule has 0 amide bonds.